The van der Waals surface area contributed by atoms with Gasteiger partial charge in [0.15, 0.2) is 0 Å². The van der Waals surface area contributed by atoms with Gasteiger partial charge in [0.2, 0.25) is 0 Å². The Hall–Kier alpha value is -2.87. The summed E-state index contributed by atoms with van der Waals surface area (Å²) in [6.07, 6.45) is 7.36. The minimum atomic E-state index is 0.186. The molecule has 4 rings (SSSR count). The summed E-state index contributed by atoms with van der Waals surface area (Å²) in [6, 6.07) is 21.6. The van der Waals surface area contributed by atoms with Gasteiger partial charge in [-0.25, -0.2) is 4.98 Å². The summed E-state index contributed by atoms with van der Waals surface area (Å²) in [5.74, 6) is 1.02. The van der Waals surface area contributed by atoms with Crippen molar-refractivity contribution < 1.29 is 0 Å². The number of pyridine rings is 1. The molecule has 136 valence electrons. The van der Waals surface area contributed by atoms with Crippen molar-refractivity contribution in [2.45, 2.75) is 32.6 Å². The van der Waals surface area contributed by atoms with Crippen LogP contribution >= 0.6 is 0 Å². The van der Waals surface area contributed by atoms with Gasteiger partial charge in [0.25, 0.3) is 0 Å². The molecule has 2 aromatic carbocycles. The molecule has 0 saturated carbocycles. The number of para-hydroxylation sites is 1. The van der Waals surface area contributed by atoms with E-state index in [2.05, 4.69) is 97.4 Å². The number of hydrogen-bond acceptors (Lipinski definition) is 2. The third-order valence-electron chi connectivity index (χ3n) is 5.18. The molecule has 0 amide bonds. The van der Waals surface area contributed by atoms with Crippen LogP contribution in [0.15, 0.2) is 66.9 Å². The molecule has 2 heteroatoms. The highest BCUT2D eigenvalue weighted by molar-refractivity contribution is 5.82. The van der Waals surface area contributed by atoms with Crippen molar-refractivity contribution in [1.82, 2.24) is 4.98 Å². The Balaban J connectivity index is 1.64. The quantitative estimate of drug-likeness (QED) is 0.517. The first-order valence-electron chi connectivity index (χ1n) is 9.61. The second-order valence-electron chi connectivity index (χ2n) is 8.15. The molecule has 1 aromatic heterocycles. The Morgan fingerprint density at radius 1 is 0.889 bits per heavy atom. The number of rotatable bonds is 3. The van der Waals surface area contributed by atoms with Crippen LogP contribution in [0.4, 0.5) is 11.5 Å². The standard InChI is InChI=1S/C25H26N2/c1-25(2,3)22-14-11-19(12-15-22)10-13-20-7-6-8-21-16-18-27(24(20)21)23-9-4-5-17-26-23/h4-15,17H,16,18H2,1-3H3/b13-10+. The Kier molecular flexibility index (Phi) is 4.57. The fraction of sp³-hybridized carbons (Fsp3) is 0.240. The molecule has 2 heterocycles. The molecule has 3 aromatic rings. The van der Waals surface area contributed by atoms with Crippen molar-refractivity contribution in [2.24, 2.45) is 0 Å². The lowest BCUT2D eigenvalue weighted by Crippen LogP contribution is -2.15. The van der Waals surface area contributed by atoms with Gasteiger partial charge >= 0.3 is 0 Å². The Bertz CT molecular complexity index is 948. The third kappa shape index (κ3) is 3.66. The molecule has 0 spiro atoms. The lowest BCUT2D eigenvalue weighted by atomic mass is 9.87. The Labute approximate surface area is 162 Å². The first-order chi connectivity index (χ1) is 13.0. The van der Waals surface area contributed by atoms with E-state index < -0.39 is 0 Å². The predicted octanol–water partition coefficient (Wildman–Crippen LogP) is 6.24. The SMILES string of the molecule is CC(C)(C)c1ccc(/C=C/c2cccc3c2N(c2ccccn2)CC3)cc1. The van der Waals surface area contributed by atoms with Crippen molar-refractivity contribution in [3.8, 4) is 0 Å². The summed E-state index contributed by atoms with van der Waals surface area (Å²) in [7, 11) is 0. The van der Waals surface area contributed by atoms with E-state index in [-0.39, 0.29) is 5.41 Å². The van der Waals surface area contributed by atoms with Gasteiger partial charge in [-0.05, 0) is 46.2 Å². The molecule has 0 bridgehead atoms. The summed E-state index contributed by atoms with van der Waals surface area (Å²) < 4.78 is 0. The Morgan fingerprint density at radius 3 is 2.41 bits per heavy atom. The van der Waals surface area contributed by atoms with Gasteiger partial charge in [-0.2, -0.15) is 0 Å². The number of hydrogen-bond donors (Lipinski definition) is 0. The maximum atomic E-state index is 4.55. The zero-order valence-electron chi connectivity index (χ0n) is 16.3. The molecular weight excluding hydrogens is 328 g/mol. The van der Waals surface area contributed by atoms with E-state index in [1.54, 1.807) is 0 Å². The molecule has 0 radical (unpaired) electrons. The number of nitrogens with zero attached hydrogens (tertiary/aromatic N) is 2. The molecule has 0 saturated heterocycles. The Morgan fingerprint density at radius 2 is 1.70 bits per heavy atom. The van der Waals surface area contributed by atoms with E-state index in [9.17, 15) is 0 Å². The topological polar surface area (TPSA) is 16.1 Å². The second-order valence-corrected chi connectivity index (χ2v) is 8.15. The van der Waals surface area contributed by atoms with Crippen LogP contribution < -0.4 is 4.90 Å². The molecule has 2 nitrogen and oxygen atoms in total. The molecule has 0 atom stereocenters. The summed E-state index contributed by atoms with van der Waals surface area (Å²) >= 11 is 0. The van der Waals surface area contributed by atoms with Gasteiger partial charge < -0.3 is 4.90 Å². The molecule has 0 unspecified atom stereocenters. The average molecular weight is 354 g/mol. The zero-order chi connectivity index (χ0) is 18.9. The minimum absolute atomic E-state index is 0.186. The lowest BCUT2D eigenvalue weighted by molar-refractivity contribution is 0.590. The molecular formula is C25H26N2. The van der Waals surface area contributed by atoms with Crippen molar-refractivity contribution in [3.05, 3.63) is 89.1 Å². The van der Waals surface area contributed by atoms with E-state index >= 15 is 0 Å². The maximum absolute atomic E-state index is 4.55. The van der Waals surface area contributed by atoms with Crippen LogP contribution in [0.25, 0.3) is 12.2 Å². The van der Waals surface area contributed by atoms with E-state index in [1.807, 2.05) is 12.3 Å². The maximum Gasteiger partial charge on any atom is 0.132 e. The van der Waals surface area contributed by atoms with Crippen LogP contribution in [0.5, 0.6) is 0 Å². The smallest absolute Gasteiger partial charge is 0.132 e. The van der Waals surface area contributed by atoms with E-state index in [1.165, 1.54) is 27.9 Å². The minimum Gasteiger partial charge on any atom is -0.325 e. The monoisotopic (exact) mass is 354 g/mol. The summed E-state index contributed by atoms with van der Waals surface area (Å²) in [5.41, 5.74) is 6.70. The van der Waals surface area contributed by atoms with E-state index in [0.717, 1.165) is 18.8 Å². The van der Waals surface area contributed by atoms with Crippen LogP contribution in [0.2, 0.25) is 0 Å². The number of fused-ring (bicyclic) bond motifs is 1. The highest BCUT2D eigenvalue weighted by Gasteiger charge is 2.23. The van der Waals surface area contributed by atoms with Crippen LogP contribution in [-0.4, -0.2) is 11.5 Å². The van der Waals surface area contributed by atoms with E-state index in [4.69, 9.17) is 0 Å². The molecule has 0 aliphatic carbocycles. The fourth-order valence-electron chi connectivity index (χ4n) is 3.64. The van der Waals surface area contributed by atoms with Crippen LogP contribution in [0.1, 0.15) is 43.0 Å². The van der Waals surface area contributed by atoms with Gasteiger partial charge in [0, 0.05) is 12.7 Å². The van der Waals surface area contributed by atoms with Gasteiger partial charge in [0.1, 0.15) is 5.82 Å². The van der Waals surface area contributed by atoms with Gasteiger partial charge in [0.05, 0.1) is 5.69 Å². The predicted molar refractivity (Wildman–Crippen MR) is 115 cm³/mol. The van der Waals surface area contributed by atoms with Crippen molar-refractivity contribution in [1.29, 1.82) is 0 Å². The summed E-state index contributed by atoms with van der Waals surface area (Å²) in [4.78, 5) is 6.88. The van der Waals surface area contributed by atoms with Crippen molar-refractivity contribution >= 4 is 23.7 Å². The van der Waals surface area contributed by atoms with Crippen LogP contribution in [0, 0.1) is 0 Å². The molecule has 1 aliphatic rings. The molecule has 27 heavy (non-hydrogen) atoms. The van der Waals surface area contributed by atoms with Crippen molar-refractivity contribution in [2.75, 3.05) is 11.4 Å². The summed E-state index contributed by atoms with van der Waals surface area (Å²) in [6.45, 7) is 7.73. The van der Waals surface area contributed by atoms with Crippen LogP contribution in [-0.2, 0) is 11.8 Å². The lowest BCUT2D eigenvalue weighted by Gasteiger charge is -2.20. The number of aromatic nitrogens is 1. The number of anilines is 2. The van der Waals surface area contributed by atoms with Crippen molar-refractivity contribution in [3.63, 3.8) is 0 Å². The van der Waals surface area contributed by atoms with E-state index in [0.29, 0.717) is 0 Å². The third-order valence-corrected chi connectivity index (χ3v) is 5.18. The highest BCUT2D eigenvalue weighted by atomic mass is 15.2. The second kappa shape index (κ2) is 7.03. The molecule has 0 N–H and O–H groups in total. The van der Waals surface area contributed by atoms with Gasteiger partial charge in [-0.15, -0.1) is 0 Å². The van der Waals surface area contributed by atoms with Gasteiger partial charge in [-0.1, -0.05) is 81.5 Å². The van der Waals surface area contributed by atoms with Gasteiger partial charge in [-0.3, -0.25) is 0 Å². The first-order valence-corrected chi connectivity index (χ1v) is 9.61. The summed E-state index contributed by atoms with van der Waals surface area (Å²) in [5, 5.41) is 0. The average Bonchev–Trinajstić information content (AvgIpc) is 3.11. The normalized spacial score (nSPS) is 14.0. The zero-order valence-corrected chi connectivity index (χ0v) is 16.3. The largest absolute Gasteiger partial charge is 0.325 e. The fourth-order valence-corrected chi connectivity index (χ4v) is 3.64. The van der Waals surface area contributed by atoms with Crippen LogP contribution in [0.3, 0.4) is 0 Å². The highest BCUT2D eigenvalue weighted by Crippen LogP contribution is 2.37. The number of benzene rings is 2. The molecule has 1 aliphatic heterocycles. The molecule has 0 fully saturated rings. The first kappa shape index (κ1) is 17.5.